The molecule has 1 amide bonds. The highest BCUT2D eigenvalue weighted by Crippen LogP contribution is 2.48. The van der Waals surface area contributed by atoms with Gasteiger partial charge in [-0.05, 0) is 30.4 Å². The minimum absolute atomic E-state index is 0.128. The van der Waals surface area contributed by atoms with Gasteiger partial charge in [0.25, 0.3) is 0 Å². The smallest absolute Gasteiger partial charge is 0.481 e. The summed E-state index contributed by atoms with van der Waals surface area (Å²) >= 11 is 0.998. The van der Waals surface area contributed by atoms with Gasteiger partial charge >= 0.3 is 12.3 Å². The number of amides is 1. The van der Waals surface area contributed by atoms with Gasteiger partial charge in [-0.1, -0.05) is 23.5 Å². The summed E-state index contributed by atoms with van der Waals surface area (Å²) in [5, 5.41) is 12.2. The molecule has 1 aromatic heterocycles. The summed E-state index contributed by atoms with van der Waals surface area (Å²) in [5.74, 6) is -3.57. The van der Waals surface area contributed by atoms with Crippen molar-refractivity contribution in [3.8, 4) is 5.75 Å². The van der Waals surface area contributed by atoms with Crippen molar-refractivity contribution in [2.45, 2.75) is 12.8 Å². The first-order chi connectivity index (χ1) is 12.7. The zero-order valence-corrected chi connectivity index (χ0v) is 14.4. The third-order valence-electron chi connectivity index (χ3n) is 4.87. The van der Waals surface area contributed by atoms with Gasteiger partial charge in [0.2, 0.25) is 5.91 Å². The number of alkyl halides is 3. The van der Waals surface area contributed by atoms with Crippen molar-refractivity contribution in [2.24, 2.45) is 23.7 Å². The molecule has 4 rings (SSSR count). The molecule has 10 heteroatoms. The topological polar surface area (TPSA) is 88.5 Å². The third-order valence-corrected chi connectivity index (χ3v) is 5.80. The quantitative estimate of drug-likeness (QED) is 0.768. The standard InChI is InChI=1S/C17H13F3N2O4S/c18-17(19,20)26-9-3-4-10-11(6-9)27-16(21-10)22-14(23)12-7-1-2-8(5-7)13(12)15(24)25/h1-4,6-8,12-13H,5H2,(H,24,25)(H,21,22,23). The number of carboxylic acids is 1. The van der Waals surface area contributed by atoms with Crippen LogP contribution in [0.1, 0.15) is 6.42 Å². The first-order valence-corrected chi connectivity index (χ1v) is 8.91. The predicted octanol–water partition coefficient (Wildman–Crippen LogP) is 3.66. The van der Waals surface area contributed by atoms with Crippen molar-refractivity contribution in [2.75, 3.05) is 5.32 Å². The van der Waals surface area contributed by atoms with Gasteiger partial charge in [0.05, 0.1) is 22.1 Å². The largest absolute Gasteiger partial charge is 0.573 e. The molecule has 142 valence electrons. The molecule has 0 radical (unpaired) electrons. The summed E-state index contributed by atoms with van der Waals surface area (Å²) in [6.45, 7) is 0. The highest BCUT2D eigenvalue weighted by atomic mass is 32.1. The number of fused-ring (bicyclic) bond motifs is 3. The summed E-state index contributed by atoms with van der Waals surface area (Å²) < 4.78 is 41.3. The van der Waals surface area contributed by atoms with Crippen molar-refractivity contribution in [1.82, 2.24) is 4.98 Å². The number of rotatable bonds is 4. The minimum Gasteiger partial charge on any atom is -0.481 e. The summed E-state index contributed by atoms with van der Waals surface area (Å²) in [6, 6.07) is 3.70. The average Bonchev–Trinajstić information content (AvgIpc) is 3.25. The lowest BCUT2D eigenvalue weighted by molar-refractivity contribution is -0.274. The number of benzene rings is 1. The second-order valence-electron chi connectivity index (χ2n) is 6.52. The van der Waals surface area contributed by atoms with Gasteiger partial charge < -0.3 is 15.2 Å². The average molecular weight is 398 g/mol. The summed E-state index contributed by atoms with van der Waals surface area (Å²) in [7, 11) is 0. The van der Waals surface area contributed by atoms with E-state index in [0.717, 1.165) is 17.4 Å². The van der Waals surface area contributed by atoms with Crippen molar-refractivity contribution in [1.29, 1.82) is 0 Å². The number of thiazole rings is 1. The molecule has 0 spiro atoms. The van der Waals surface area contributed by atoms with Crippen LogP contribution in [0.2, 0.25) is 0 Å². The van der Waals surface area contributed by atoms with Gasteiger partial charge in [-0.25, -0.2) is 4.98 Å². The lowest BCUT2D eigenvalue weighted by Crippen LogP contribution is -2.36. The molecule has 6 nitrogen and oxygen atoms in total. The highest BCUT2D eigenvalue weighted by Gasteiger charge is 2.51. The normalized spacial score (nSPS) is 26.5. The number of ether oxygens (including phenoxy) is 1. The Bertz CT molecular complexity index is 955. The van der Waals surface area contributed by atoms with Crippen LogP contribution >= 0.6 is 11.3 Å². The van der Waals surface area contributed by atoms with E-state index in [-0.39, 0.29) is 22.7 Å². The molecule has 1 saturated carbocycles. The van der Waals surface area contributed by atoms with Gasteiger partial charge in [0.15, 0.2) is 5.13 Å². The molecule has 2 aliphatic rings. The molecular weight excluding hydrogens is 385 g/mol. The molecule has 2 N–H and O–H groups in total. The van der Waals surface area contributed by atoms with E-state index in [1.54, 1.807) is 0 Å². The Kier molecular flexibility index (Phi) is 4.10. The summed E-state index contributed by atoms with van der Waals surface area (Å²) in [5.41, 5.74) is 0.410. The number of carbonyl (C=O) groups is 2. The molecule has 1 aromatic carbocycles. The second-order valence-corrected chi connectivity index (χ2v) is 7.55. The Morgan fingerprint density at radius 1 is 1.22 bits per heavy atom. The van der Waals surface area contributed by atoms with Crippen LogP contribution in [0.4, 0.5) is 18.3 Å². The fourth-order valence-electron chi connectivity index (χ4n) is 3.86. The summed E-state index contributed by atoms with van der Waals surface area (Å²) in [6.07, 6.45) is -0.454. The van der Waals surface area contributed by atoms with Crippen molar-refractivity contribution >= 4 is 38.6 Å². The first-order valence-electron chi connectivity index (χ1n) is 8.09. The van der Waals surface area contributed by atoms with E-state index in [9.17, 15) is 27.9 Å². The van der Waals surface area contributed by atoms with Crippen LogP contribution < -0.4 is 10.1 Å². The number of nitrogens with one attached hydrogen (secondary N) is 1. The lowest BCUT2D eigenvalue weighted by Gasteiger charge is -2.23. The maximum absolute atomic E-state index is 12.6. The number of aliphatic carboxylic acids is 1. The van der Waals surface area contributed by atoms with E-state index < -0.39 is 30.1 Å². The molecule has 1 fully saturated rings. The Labute approximate surface area is 154 Å². The van der Waals surface area contributed by atoms with Gasteiger partial charge in [-0.3, -0.25) is 9.59 Å². The number of nitrogens with zero attached hydrogens (tertiary/aromatic N) is 1. The van der Waals surface area contributed by atoms with Crippen molar-refractivity contribution < 1.29 is 32.6 Å². The van der Waals surface area contributed by atoms with Gasteiger partial charge in [0.1, 0.15) is 5.75 Å². The fraction of sp³-hybridized carbons (Fsp3) is 0.353. The molecule has 0 aliphatic heterocycles. The molecule has 1 heterocycles. The maximum Gasteiger partial charge on any atom is 0.573 e. The number of anilines is 1. The SMILES string of the molecule is O=C(O)C1C2C=CC(C2)C1C(=O)Nc1nc2ccc(OC(F)(F)F)cc2s1. The zero-order valence-electron chi connectivity index (χ0n) is 13.6. The van der Waals surface area contributed by atoms with Gasteiger partial charge in [-0.15, -0.1) is 13.2 Å². The number of carbonyl (C=O) groups excluding carboxylic acids is 1. The van der Waals surface area contributed by atoms with Crippen LogP contribution in [-0.4, -0.2) is 28.3 Å². The van der Waals surface area contributed by atoms with Gasteiger partial charge in [0, 0.05) is 6.07 Å². The van der Waals surface area contributed by atoms with E-state index in [4.69, 9.17) is 0 Å². The Balaban J connectivity index is 1.54. The molecule has 2 bridgehead atoms. The van der Waals surface area contributed by atoms with Crippen molar-refractivity contribution in [3.63, 3.8) is 0 Å². The monoisotopic (exact) mass is 398 g/mol. The number of hydrogen-bond acceptors (Lipinski definition) is 5. The molecule has 2 aromatic rings. The molecule has 4 atom stereocenters. The van der Waals surface area contributed by atoms with Crippen molar-refractivity contribution in [3.05, 3.63) is 30.4 Å². The highest BCUT2D eigenvalue weighted by molar-refractivity contribution is 7.22. The van der Waals surface area contributed by atoms with E-state index in [1.165, 1.54) is 12.1 Å². The van der Waals surface area contributed by atoms with Crippen LogP contribution in [0.15, 0.2) is 30.4 Å². The second kappa shape index (κ2) is 6.22. The maximum atomic E-state index is 12.6. The lowest BCUT2D eigenvalue weighted by atomic mass is 9.82. The van der Waals surface area contributed by atoms with E-state index in [1.807, 2.05) is 12.2 Å². The number of aromatic nitrogens is 1. The Hall–Kier alpha value is -2.62. The molecular formula is C17H13F3N2O4S. The fourth-order valence-corrected chi connectivity index (χ4v) is 4.76. The molecule has 2 aliphatic carbocycles. The molecule has 27 heavy (non-hydrogen) atoms. The van der Waals surface area contributed by atoms with E-state index in [2.05, 4.69) is 15.0 Å². The summed E-state index contributed by atoms with van der Waals surface area (Å²) in [4.78, 5) is 28.3. The first kappa shape index (κ1) is 17.8. The van der Waals surface area contributed by atoms with Crippen LogP contribution in [0.5, 0.6) is 5.75 Å². The number of hydrogen-bond donors (Lipinski definition) is 2. The minimum atomic E-state index is -4.80. The number of carboxylic acid groups (broad SMARTS) is 1. The van der Waals surface area contributed by atoms with Crippen LogP contribution in [0.25, 0.3) is 10.2 Å². The van der Waals surface area contributed by atoms with E-state index >= 15 is 0 Å². The third kappa shape index (κ3) is 3.36. The Morgan fingerprint density at radius 2 is 1.93 bits per heavy atom. The van der Waals surface area contributed by atoms with Crippen LogP contribution in [0, 0.1) is 23.7 Å². The zero-order chi connectivity index (χ0) is 19.3. The molecule has 0 saturated heterocycles. The molecule has 4 unspecified atom stereocenters. The van der Waals surface area contributed by atoms with Gasteiger partial charge in [-0.2, -0.15) is 0 Å². The van der Waals surface area contributed by atoms with Crippen LogP contribution in [0.3, 0.4) is 0 Å². The van der Waals surface area contributed by atoms with E-state index in [0.29, 0.717) is 16.6 Å². The predicted molar refractivity (Wildman–Crippen MR) is 90.3 cm³/mol. The van der Waals surface area contributed by atoms with Crippen LogP contribution in [-0.2, 0) is 9.59 Å². The number of halogens is 3. The Morgan fingerprint density at radius 3 is 2.59 bits per heavy atom. The number of allylic oxidation sites excluding steroid dienone is 2.